The summed E-state index contributed by atoms with van der Waals surface area (Å²) in [7, 11) is -0.620. The van der Waals surface area contributed by atoms with E-state index in [9.17, 15) is 4.21 Å². The van der Waals surface area contributed by atoms with E-state index in [0.717, 1.165) is 16.9 Å². The lowest BCUT2D eigenvalue weighted by molar-refractivity contribution is 0.144. The summed E-state index contributed by atoms with van der Waals surface area (Å²) in [5, 5.41) is 3.13. The van der Waals surface area contributed by atoms with Gasteiger partial charge in [-0.05, 0) is 51.8 Å². The molecule has 2 N–H and O–H groups in total. The maximum absolute atomic E-state index is 12.0. The molecule has 0 aliphatic heterocycles. The molecule has 7 nitrogen and oxygen atoms in total. The summed E-state index contributed by atoms with van der Waals surface area (Å²) in [5.41, 5.74) is 2.41. The number of H-pyrrole nitrogens is 1. The third-order valence-electron chi connectivity index (χ3n) is 3.78. The quantitative estimate of drug-likeness (QED) is 0.457. The molecule has 2 heterocycles. The van der Waals surface area contributed by atoms with E-state index in [0.29, 0.717) is 29.9 Å². The summed E-state index contributed by atoms with van der Waals surface area (Å²) in [6.07, 6.45) is 5.14. The van der Waals surface area contributed by atoms with Crippen LogP contribution in [0.25, 0.3) is 11.3 Å². The number of rotatable bonds is 8. The number of aromatic amines is 1. The summed E-state index contributed by atoms with van der Waals surface area (Å²) >= 11 is 0. The topological polar surface area (TPSA) is 89.1 Å². The molecule has 27 heavy (non-hydrogen) atoms. The van der Waals surface area contributed by atoms with Crippen LogP contribution in [0.4, 0.5) is 11.6 Å². The summed E-state index contributed by atoms with van der Waals surface area (Å²) in [5.74, 6) is 4.55. The molecule has 2 aromatic heterocycles. The number of methoxy groups -OCH3 is 1. The van der Waals surface area contributed by atoms with Crippen LogP contribution in [-0.4, -0.2) is 51.6 Å². The standard InChI is InChI=1S/C19H22N4O3S/c1-25-11-12-26-18-16(17-5-4-10-20-17)13-21-19(23-18)22-14-6-8-15(9-7-14)27(2,3)24/h4-10,13,20H,2,11-12H2,1,3H3,(H,21,22,23). The van der Waals surface area contributed by atoms with Crippen LogP contribution in [0.1, 0.15) is 0 Å². The second-order valence-electron chi connectivity index (χ2n) is 5.99. The zero-order valence-electron chi connectivity index (χ0n) is 15.3. The molecule has 142 valence electrons. The van der Waals surface area contributed by atoms with E-state index in [1.54, 1.807) is 31.7 Å². The zero-order valence-corrected chi connectivity index (χ0v) is 16.1. The zero-order chi connectivity index (χ0) is 19.3. The number of hydrogen-bond donors (Lipinski definition) is 2. The van der Waals surface area contributed by atoms with Crippen molar-refractivity contribution in [3.8, 4) is 17.1 Å². The van der Waals surface area contributed by atoms with Crippen molar-refractivity contribution < 1.29 is 13.7 Å². The maximum atomic E-state index is 12.0. The van der Waals surface area contributed by atoms with Gasteiger partial charge in [0.15, 0.2) is 0 Å². The lowest BCUT2D eigenvalue weighted by atomic mass is 10.2. The summed E-state index contributed by atoms with van der Waals surface area (Å²) in [4.78, 5) is 12.7. The first-order valence-corrected chi connectivity index (χ1v) is 10.4. The number of benzene rings is 1. The highest BCUT2D eigenvalue weighted by atomic mass is 32.2. The van der Waals surface area contributed by atoms with Crippen molar-refractivity contribution in [2.24, 2.45) is 0 Å². The fourth-order valence-electron chi connectivity index (χ4n) is 2.40. The number of aromatic nitrogens is 3. The summed E-state index contributed by atoms with van der Waals surface area (Å²) in [6, 6.07) is 11.0. The van der Waals surface area contributed by atoms with Crippen LogP contribution in [0.15, 0.2) is 53.7 Å². The predicted molar refractivity (Wildman–Crippen MR) is 108 cm³/mol. The Bertz CT molecular complexity index is 984. The molecule has 0 fully saturated rings. The number of ether oxygens (including phenoxy) is 2. The van der Waals surface area contributed by atoms with Gasteiger partial charge in [0.1, 0.15) is 6.61 Å². The van der Waals surface area contributed by atoms with Gasteiger partial charge in [-0.25, -0.2) is 4.98 Å². The molecule has 0 spiro atoms. The van der Waals surface area contributed by atoms with Gasteiger partial charge in [-0.15, -0.1) is 0 Å². The fourth-order valence-corrected chi connectivity index (χ4v) is 3.11. The third-order valence-corrected chi connectivity index (χ3v) is 5.05. The average Bonchev–Trinajstić information content (AvgIpc) is 3.16. The Hall–Kier alpha value is -2.84. The molecule has 0 aliphatic rings. The minimum Gasteiger partial charge on any atom is -0.475 e. The molecule has 0 aliphatic carbocycles. The van der Waals surface area contributed by atoms with E-state index < -0.39 is 9.52 Å². The second kappa shape index (κ2) is 8.24. The highest BCUT2D eigenvalue weighted by molar-refractivity contribution is 7.99. The largest absolute Gasteiger partial charge is 0.475 e. The highest BCUT2D eigenvalue weighted by Gasteiger charge is 2.12. The van der Waals surface area contributed by atoms with Gasteiger partial charge in [0, 0.05) is 36.3 Å². The maximum Gasteiger partial charge on any atom is 0.230 e. The second-order valence-corrected chi connectivity index (χ2v) is 8.47. The molecule has 1 unspecified atom stereocenters. The molecule has 0 saturated heterocycles. The molecule has 1 atom stereocenters. The Balaban J connectivity index is 1.84. The van der Waals surface area contributed by atoms with Crippen LogP contribution in [0.5, 0.6) is 5.88 Å². The first-order valence-electron chi connectivity index (χ1n) is 8.29. The van der Waals surface area contributed by atoms with Gasteiger partial charge < -0.3 is 19.8 Å². The SMILES string of the molecule is C=S(C)(=O)c1ccc(Nc2ncc(-c3ccc[nH]3)c(OCCOC)n2)cc1. The van der Waals surface area contributed by atoms with Gasteiger partial charge >= 0.3 is 0 Å². The van der Waals surface area contributed by atoms with Crippen LogP contribution in [0, 0.1) is 0 Å². The van der Waals surface area contributed by atoms with Crippen molar-refractivity contribution >= 4 is 27.0 Å². The highest BCUT2D eigenvalue weighted by Crippen LogP contribution is 2.28. The Morgan fingerprint density at radius 3 is 2.63 bits per heavy atom. The van der Waals surface area contributed by atoms with E-state index in [-0.39, 0.29) is 0 Å². The lowest BCUT2D eigenvalue weighted by Crippen LogP contribution is -2.08. The van der Waals surface area contributed by atoms with Crippen molar-refractivity contribution in [2.75, 3.05) is 31.9 Å². The smallest absolute Gasteiger partial charge is 0.230 e. The average molecular weight is 386 g/mol. The molecule has 3 aromatic rings. The van der Waals surface area contributed by atoms with E-state index in [4.69, 9.17) is 9.47 Å². The van der Waals surface area contributed by atoms with E-state index >= 15 is 0 Å². The van der Waals surface area contributed by atoms with Crippen molar-refractivity contribution in [1.29, 1.82) is 0 Å². The third kappa shape index (κ3) is 4.87. The van der Waals surface area contributed by atoms with Crippen LogP contribution >= 0.6 is 0 Å². The van der Waals surface area contributed by atoms with Gasteiger partial charge in [-0.3, -0.25) is 4.21 Å². The van der Waals surface area contributed by atoms with E-state index in [2.05, 4.69) is 26.1 Å². The molecule has 0 amide bonds. The Kier molecular flexibility index (Phi) is 5.78. The lowest BCUT2D eigenvalue weighted by Gasteiger charge is -2.12. The molecular formula is C19H22N4O3S. The van der Waals surface area contributed by atoms with E-state index in [1.165, 1.54) is 0 Å². The normalized spacial score (nSPS) is 13.1. The minimum absolute atomic E-state index is 0.379. The Morgan fingerprint density at radius 1 is 1.22 bits per heavy atom. The van der Waals surface area contributed by atoms with Gasteiger partial charge in [0.05, 0.1) is 17.9 Å². The van der Waals surface area contributed by atoms with Crippen LogP contribution in [0.3, 0.4) is 0 Å². The summed E-state index contributed by atoms with van der Waals surface area (Å²) in [6.45, 7) is 0.837. The predicted octanol–water partition coefficient (Wildman–Crippen LogP) is 2.95. The van der Waals surface area contributed by atoms with Crippen molar-refractivity contribution in [3.63, 3.8) is 0 Å². The van der Waals surface area contributed by atoms with Crippen molar-refractivity contribution in [3.05, 3.63) is 48.8 Å². The molecule has 0 radical (unpaired) electrons. The van der Waals surface area contributed by atoms with E-state index in [1.807, 2.05) is 30.5 Å². The van der Waals surface area contributed by atoms with Gasteiger partial charge in [0.2, 0.25) is 11.8 Å². The van der Waals surface area contributed by atoms with Gasteiger partial charge in [0.25, 0.3) is 0 Å². The molecule has 1 aromatic carbocycles. The number of nitrogens with zero attached hydrogens (tertiary/aromatic N) is 2. The van der Waals surface area contributed by atoms with Crippen molar-refractivity contribution in [1.82, 2.24) is 15.0 Å². The van der Waals surface area contributed by atoms with Gasteiger partial charge in [-0.1, -0.05) is 0 Å². The minimum atomic E-state index is -2.24. The van der Waals surface area contributed by atoms with Crippen molar-refractivity contribution in [2.45, 2.75) is 4.90 Å². The molecule has 0 bridgehead atoms. The summed E-state index contributed by atoms with van der Waals surface area (Å²) < 4.78 is 22.8. The number of anilines is 2. The Morgan fingerprint density at radius 2 is 2.00 bits per heavy atom. The number of hydrogen-bond acceptors (Lipinski definition) is 6. The fraction of sp³-hybridized carbons (Fsp3) is 0.211. The monoisotopic (exact) mass is 386 g/mol. The van der Waals surface area contributed by atoms with Crippen LogP contribution in [0.2, 0.25) is 0 Å². The molecular weight excluding hydrogens is 364 g/mol. The molecule has 8 heteroatoms. The van der Waals surface area contributed by atoms with Crippen LogP contribution in [-0.2, 0) is 14.3 Å². The van der Waals surface area contributed by atoms with Gasteiger partial charge in [-0.2, -0.15) is 4.98 Å². The Labute approximate surface area is 158 Å². The first-order chi connectivity index (χ1) is 13.0. The molecule has 3 rings (SSSR count). The number of nitrogens with one attached hydrogen (secondary N) is 2. The first kappa shape index (κ1) is 18.9. The molecule has 0 saturated carbocycles. The van der Waals surface area contributed by atoms with Crippen LogP contribution < -0.4 is 10.1 Å².